The Morgan fingerprint density at radius 2 is 2.15 bits per heavy atom. The van der Waals surface area contributed by atoms with Crippen molar-refractivity contribution >= 4 is 34.1 Å². The van der Waals surface area contributed by atoms with E-state index < -0.39 is 0 Å². The van der Waals surface area contributed by atoms with E-state index >= 15 is 0 Å². The highest BCUT2D eigenvalue weighted by atomic mass is 32.2. The zero-order valence-corrected chi connectivity index (χ0v) is 15.6. The van der Waals surface area contributed by atoms with Gasteiger partial charge in [0, 0.05) is 17.0 Å². The molecule has 0 radical (unpaired) electrons. The van der Waals surface area contributed by atoms with E-state index in [2.05, 4.69) is 20.5 Å². The molecule has 1 fully saturated rings. The van der Waals surface area contributed by atoms with Crippen molar-refractivity contribution in [3.8, 4) is 11.3 Å². The molecule has 3 aromatic rings. The first-order valence-corrected chi connectivity index (χ1v) is 9.94. The molecule has 0 bridgehead atoms. The fourth-order valence-electron chi connectivity index (χ4n) is 2.42. The average molecular weight is 389 g/mol. The van der Waals surface area contributed by atoms with E-state index in [4.69, 9.17) is 0 Å². The number of rotatable bonds is 6. The Labute approximate surface area is 157 Å². The summed E-state index contributed by atoms with van der Waals surface area (Å²) in [5.41, 5.74) is 1.52. The summed E-state index contributed by atoms with van der Waals surface area (Å²) in [5.74, 6) is -0.428. The molecule has 2 heterocycles. The number of thiazole rings is 1. The van der Waals surface area contributed by atoms with Crippen molar-refractivity contribution in [2.45, 2.75) is 36.2 Å². The third kappa shape index (κ3) is 3.78. The van der Waals surface area contributed by atoms with Gasteiger partial charge in [-0.3, -0.25) is 4.79 Å². The van der Waals surface area contributed by atoms with Crippen LogP contribution in [0.2, 0.25) is 0 Å². The predicted molar refractivity (Wildman–Crippen MR) is 99.7 cm³/mol. The number of nitrogens with one attached hydrogen (secondary N) is 1. The Balaban J connectivity index is 1.39. The van der Waals surface area contributed by atoms with E-state index in [1.807, 2.05) is 16.9 Å². The van der Waals surface area contributed by atoms with Crippen LogP contribution in [0.4, 0.5) is 9.52 Å². The van der Waals surface area contributed by atoms with Crippen LogP contribution in [0.15, 0.2) is 41.1 Å². The number of aromatic nitrogens is 4. The monoisotopic (exact) mass is 389 g/mol. The summed E-state index contributed by atoms with van der Waals surface area (Å²) in [5, 5.41) is 13.7. The fraction of sp³-hybridized carbons (Fsp3) is 0.294. The quantitative estimate of drug-likeness (QED) is 0.645. The van der Waals surface area contributed by atoms with Crippen LogP contribution < -0.4 is 5.32 Å². The van der Waals surface area contributed by atoms with E-state index in [1.54, 1.807) is 18.5 Å². The van der Waals surface area contributed by atoms with Crippen molar-refractivity contribution in [3.63, 3.8) is 0 Å². The second-order valence-electron chi connectivity index (χ2n) is 6.05. The van der Waals surface area contributed by atoms with Gasteiger partial charge in [-0.05, 0) is 44.0 Å². The topological polar surface area (TPSA) is 72.7 Å². The SMILES string of the molecule is CC(Sc1nncn1C1CC1)C(=O)Nc1nc(-c2ccc(F)cc2)cs1. The van der Waals surface area contributed by atoms with E-state index in [0.717, 1.165) is 23.6 Å². The molecule has 1 aliphatic rings. The van der Waals surface area contributed by atoms with Gasteiger partial charge in [0.1, 0.15) is 12.1 Å². The standard InChI is InChI=1S/C17H16FN5OS2/c1-10(26-17-22-19-9-23(17)13-6-7-13)15(24)21-16-20-14(8-25-16)11-2-4-12(18)5-3-11/h2-5,8-10,13H,6-7H2,1H3,(H,20,21,24). The molecule has 134 valence electrons. The Bertz CT molecular complexity index is 919. The largest absolute Gasteiger partial charge is 0.306 e. The second kappa shape index (κ2) is 7.16. The summed E-state index contributed by atoms with van der Waals surface area (Å²) >= 11 is 2.73. The zero-order valence-electron chi connectivity index (χ0n) is 13.9. The molecule has 2 aromatic heterocycles. The van der Waals surface area contributed by atoms with Gasteiger partial charge in [-0.25, -0.2) is 9.37 Å². The van der Waals surface area contributed by atoms with Crippen molar-refractivity contribution in [3.05, 3.63) is 41.8 Å². The maximum absolute atomic E-state index is 13.0. The first kappa shape index (κ1) is 17.2. The normalized spacial score (nSPS) is 15.0. The number of amides is 1. The highest BCUT2D eigenvalue weighted by molar-refractivity contribution is 8.00. The van der Waals surface area contributed by atoms with Gasteiger partial charge in [0.25, 0.3) is 0 Å². The van der Waals surface area contributed by atoms with Crippen LogP contribution in [0.25, 0.3) is 11.3 Å². The number of carbonyl (C=O) groups excluding carboxylic acids is 1. The van der Waals surface area contributed by atoms with Gasteiger partial charge >= 0.3 is 0 Å². The van der Waals surface area contributed by atoms with Crippen LogP contribution >= 0.6 is 23.1 Å². The third-order valence-corrected chi connectivity index (χ3v) is 5.83. The van der Waals surface area contributed by atoms with Crippen molar-refractivity contribution in [1.82, 2.24) is 19.7 Å². The van der Waals surface area contributed by atoms with E-state index in [0.29, 0.717) is 16.9 Å². The lowest BCUT2D eigenvalue weighted by atomic mass is 10.2. The molecular formula is C17H16FN5OS2. The van der Waals surface area contributed by atoms with Gasteiger partial charge in [0.05, 0.1) is 10.9 Å². The number of carbonyl (C=O) groups is 1. The number of hydrogen-bond acceptors (Lipinski definition) is 6. The number of halogens is 1. The van der Waals surface area contributed by atoms with Gasteiger partial charge < -0.3 is 9.88 Å². The lowest BCUT2D eigenvalue weighted by Gasteiger charge is -2.10. The maximum Gasteiger partial charge on any atom is 0.239 e. The van der Waals surface area contributed by atoms with Crippen LogP contribution in [-0.4, -0.2) is 30.9 Å². The van der Waals surface area contributed by atoms with Crippen LogP contribution in [0.1, 0.15) is 25.8 Å². The Kier molecular flexibility index (Phi) is 4.73. The Morgan fingerprint density at radius 3 is 2.88 bits per heavy atom. The summed E-state index contributed by atoms with van der Waals surface area (Å²) in [6.45, 7) is 1.83. The lowest BCUT2D eigenvalue weighted by Crippen LogP contribution is -2.22. The van der Waals surface area contributed by atoms with Crippen LogP contribution in [-0.2, 0) is 4.79 Å². The van der Waals surface area contributed by atoms with E-state index in [9.17, 15) is 9.18 Å². The van der Waals surface area contributed by atoms with E-state index in [-0.39, 0.29) is 17.0 Å². The molecule has 0 spiro atoms. The average Bonchev–Trinajstić information content (AvgIpc) is 3.19. The number of benzene rings is 1. The lowest BCUT2D eigenvalue weighted by molar-refractivity contribution is -0.115. The van der Waals surface area contributed by atoms with Crippen LogP contribution in [0.3, 0.4) is 0 Å². The van der Waals surface area contributed by atoms with Gasteiger partial charge in [0.2, 0.25) is 5.91 Å². The van der Waals surface area contributed by atoms with Crippen LogP contribution in [0.5, 0.6) is 0 Å². The third-order valence-electron chi connectivity index (χ3n) is 4.01. The maximum atomic E-state index is 13.0. The minimum Gasteiger partial charge on any atom is -0.306 e. The van der Waals surface area contributed by atoms with Crippen molar-refractivity contribution in [2.24, 2.45) is 0 Å². The summed E-state index contributed by atoms with van der Waals surface area (Å²) < 4.78 is 15.0. The summed E-state index contributed by atoms with van der Waals surface area (Å²) in [6.07, 6.45) is 4.00. The molecule has 1 aliphatic carbocycles. The molecule has 4 rings (SSSR count). The molecule has 1 atom stereocenters. The fourth-order valence-corrected chi connectivity index (χ4v) is 4.04. The second-order valence-corrected chi connectivity index (χ2v) is 8.21. The molecule has 0 aliphatic heterocycles. The number of hydrogen-bond donors (Lipinski definition) is 1. The van der Waals surface area contributed by atoms with Gasteiger partial charge in [-0.2, -0.15) is 0 Å². The first-order valence-electron chi connectivity index (χ1n) is 8.18. The number of anilines is 1. The van der Waals surface area contributed by atoms with Gasteiger partial charge in [0.15, 0.2) is 10.3 Å². The minimum absolute atomic E-state index is 0.139. The summed E-state index contributed by atoms with van der Waals surface area (Å²) in [7, 11) is 0. The number of thioether (sulfide) groups is 1. The summed E-state index contributed by atoms with van der Waals surface area (Å²) in [6, 6.07) is 6.58. The number of nitrogens with zero attached hydrogens (tertiary/aromatic N) is 4. The predicted octanol–water partition coefficient (Wildman–Crippen LogP) is 3.99. The Hall–Kier alpha value is -2.26. The molecule has 1 saturated carbocycles. The van der Waals surface area contributed by atoms with Crippen molar-refractivity contribution < 1.29 is 9.18 Å². The molecule has 26 heavy (non-hydrogen) atoms. The van der Waals surface area contributed by atoms with Crippen molar-refractivity contribution in [2.75, 3.05) is 5.32 Å². The smallest absolute Gasteiger partial charge is 0.239 e. The minimum atomic E-state index is -0.324. The Morgan fingerprint density at radius 1 is 1.38 bits per heavy atom. The molecule has 1 amide bonds. The highest BCUT2D eigenvalue weighted by Gasteiger charge is 2.28. The van der Waals surface area contributed by atoms with E-state index in [1.165, 1.54) is 35.2 Å². The molecule has 0 saturated heterocycles. The molecule has 9 heteroatoms. The highest BCUT2D eigenvalue weighted by Crippen LogP contribution is 2.38. The summed E-state index contributed by atoms with van der Waals surface area (Å²) in [4.78, 5) is 16.9. The molecule has 1 aromatic carbocycles. The molecule has 6 nitrogen and oxygen atoms in total. The van der Waals surface area contributed by atoms with Crippen molar-refractivity contribution in [1.29, 1.82) is 0 Å². The van der Waals surface area contributed by atoms with Crippen LogP contribution in [0, 0.1) is 5.82 Å². The zero-order chi connectivity index (χ0) is 18.1. The van der Waals surface area contributed by atoms with Gasteiger partial charge in [-0.1, -0.05) is 11.8 Å². The molecular weight excluding hydrogens is 373 g/mol. The molecule has 1 N–H and O–H groups in total. The first-order chi connectivity index (χ1) is 12.6. The molecule has 1 unspecified atom stereocenters. The van der Waals surface area contributed by atoms with Gasteiger partial charge in [-0.15, -0.1) is 21.5 Å².